The molecule has 0 saturated heterocycles. The third kappa shape index (κ3) is 4.09. The van der Waals surface area contributed by atoms with Crippen LogP contribution in [0.5, 0.6) is 0 Å². The summed E-state index contributed by atoms with van der Waals surface area (Å²) in [5.41, 5.74) is 1.93. The van der Waals surface area contributed by atoms with Gasteiger partial charge in [-0.1, -0.05) is 19.1 Å². The predicted molar refractivity (Wildman–Crippen MR) is 72.7 cm³/mol. The van der Waals surface area contributed by atoms with Gasteiger partial charge in [-0.25, -0.2) is 0 Å². The van der Waals surface area contributed by atoms with Gasteiger partial charge in [0.15, 0.2) is 0 Å². The molecule has 1 aromatic rings. The summed E-state index contributed by atoms with van der Waals surface area (Å²) >= 11 is 0. The van der Waals surface area contributed by atoms with Crippen molar-refractivity contribution in [3.05, 3.63) is 39.4 Å². The van der Waals surface area contributed by atoms with Gasteiger partial charge in [0.2, 0.25) is 0 Å². The van der Waals surface area contributed by atoms with Crippen molar-refractivity contribution in [3.63, 3.8) is 0 Å². The summed E-state index contributed by atoms with van der Waals surface area (Å²) in [6.07, 6.45) is 0. The fraction of sp³-hybridized carbons (Fsp3) is 0.538. The van der Waals surface area contributed by atoms with Gasteiger partial charge < -0.3 is 10.2 Å². The molecule has 0 atom stereocenters. The summed E-state index contributed by atoms with van der Waals surface area (Å²) < 4.78 is 0. The molecule has 0 heterocycles. The Morgan fingerprint density at radius 2 is 2.17 bits per heavy atom. The Morgan fingerprint density at radius 3 is 2.78 bits per heavy atom. The predicted octanol–water partition coefficient (Wildman–Crippen LogP) is 1.94. The van der Waals surface area contributed by atoms with E-state index in [9.17, 15) is 10.1 Å². The SMILES string of the molecule is CCN(C)CCNCc1cccc([N+](=O)[O-])c1C. The van der Waals surface area contributed by atoms with Gasteiger partial charge in [0.25, 0.3) is 5.69 Å². The second kappa shape index (κ2) is 7.08. The maximum Gasteiger partial charge on any atom is 0.272 e. The number of likely N-dealkylation sites (N-methyl/N-ethyl adjacent to an activating group) is 1. The summed E-state index contributed by atoms with van der Waals surface area (Å²) in [5.74, 6) is 0. The second-order valence-corrected chi connectivity index (χ2v) is 4.39. The van der Waals surface area contributed by atoms with Crippen molar-refractivity contribution >= 4 is 5.69 Å². The average Bonchev–Trinajstić information content (AvgIpc) is 2.35. The number of benzene rings is 1. The van der Waals surface area contributed by atoms with Gasteiger partial charge in [-0.15, -0.1) is 0 Å². The van der Waals surface area contributed by atoms with Crippen LogP contribution in [0, 0.1) is 17.0 Å². The minimum absolute atomic E-state index is 0.194. The van der Waals surface area contributed by atoms with Crippen molar-refractivity contribution in [1.82, 2.24) is 10.2 Å². The number of nitro groups is 1. The Hall–Kier alpha value is -1.46. The Kier molecular flexibility index (Phi) is 5.74. The zero-order valence-electron chi connectivity index (χ0n) is 11.3. The second-order valence-electron chi connectivity index (χ2n) is 4.39. The number of nitrogens with one attached hydrogen (secondary N) is 1. The molecule has 100 valence electrons. The molecule has 18 heavy (non-hydrogen) atoms. The van der Waals surface area contributed by atoms with Crippen molar-refractivity contribution < 1.29 is 4.92 Å². The van der Waals surface area contributed by atoms with Gasteiger partial charge in [0.05, 0.1) is 4.92 Å². The van der Waals surface area contributed by atoms with Crippen LogP contribution < -0.4 is 5.32 Å². The topological polar surface area (TPSA) is 58.4 Å². The van der Waals surface area contributed by atoms with E-state index in [4.69, 9.17) is 0 Å². The fourth-order valence-electron chi connectivity index (χ4n) is 1.71. The van der Waals surface area contributed by atoms with Crippen molar-refractivity contribution in [2.24, 2.45) is 0 Å². The minimum Gasteiger partial charge on any atom is -0.311 e. The molecule has 0 fully saturated rings. The lowest BCUT2D eigenvalue weighted by Gasteiger charge is -2.14. The Morgan fingerprint density at radius 1 is 1.44 bits per heavy atom. The molecule has 0 amide bonds. The van der Waals surface area contributed by atoms with E-state index in [-0.39, 0.29) is 10.6 Å². The third-order valence-electron chi connectivity index (χ3n) is 3.14. The Balaban J connectivity index is 2.53. The van der Waals surface area contributed by atoms with Crippen LogP contribution in [0.4, 0.5) is 5.69 Å². The molecule has 1 rings (SSSR count). The summed E-state index contributed by atoms with van der Waals surface area (Å²) in [5, 5.41) is 14.1. The van der Waals surface area contributed by atoms with E-state index in [1.54, 1.807) is 19.1 Å². The molecule has 0 aliphatic carbocycles. The van der Waals surface area contributed by atoms with Crippen LogP contribution in [0.2, 0.25) is 0 Å². The first-order valence-corrected chi connectivity index (χ1v) is 6.18. The molecule has 0 saturated carbocycles. The van der Waals surface area contributed by atoms with E-state index in [2.05, 4.69) is 24.2 Å². The van der Waals surface area contributed by atoms with E-state index in [0.717, 1.165) is 30.8 Å². The van der Waals surface area contributed by atoms with E-state index in [0.29, 0.717) is 6.54 Å². The quantitative estimate of drug-likeness (QED) is 0.457. The highest BCUT2D eigenvalue weighted by Gasteiger charge is 2.12. The highest BCUT2D eigenvalue weighted by atomic mass is 16.6. The molecule has 5 nitrogen and oxygen atoms in total. The van der Waals surface area contributed by atoms with Gasteiger partial charge in [0, 0.05) is 31.3 Å². The largest absolute Gasteiger partial charge is 0.311 e. The lowest BCUT2D eigenvalue weighted by atomic mass is 10.1. The molecular weight excluding hydrogens is 230 g/mol. The number of rotatable bonds is 7. The summed E-state index contributed by atoms with van der Waals surface area (Å²) in [6.45, 7) is 7.47. The molecule has 0 spiro atoms. The lowest BCUT2D eigenvalue weighted by Crippen LogP contribution is -2.28. The normalized spacial score (nSPS) is 10.9. The lowest BCUT2D eigenvalue weighted by molar-refractivity contribution is -0.385. The Bertz CT molecular complexity index is 407. The molecule has 0 radical (unpaired) electrons. The maximum absolute atomic E-state index is 10.8. The number of hydrogen-bond donors (Lipinski definition) is 1. The van der Waals surface area contributed by atoms with Crippen molar-refractivity contribution in [1.29, 1.82) is 0 Å². The zero-order valence-corrected chi connectivity index (χ0v) is 11.3. The summed E-state index contributed by atoms with van der Waals surface area (Å²) in [7, 11) is 2.07. The molecule has 1 N–H and O–H groups in total. The molecule has 0 aromatic heterocycles. The standard InChI is InChI=1S/C13H21N3O2/c1-4-15(3)9-8-14-10-12-6-5-7-13(11(12)2)16(17)18/h5-7,14H,4,8-10H2,1-3H3. The summed E-state index contributed by atoms with van der Waals surface area (Å²) in [6, 6.07) is 5.21. The smallest absolute Gasteiger partial charge is 0.272 e. The van der Waals surface area contributed by atoms with Crippen LogP contribution in [0.3, 0.4) is 0 Å². The van der Waals surface area contributed by atoms with E-state index < -0.39 is 0 Å². The van der Waals surface area contributed by atoms with E-state index >= 15 is 0 Å². The molecule has 0 aliphatic heterocycles. The number of nitrogens with zero attached hydrogens (tertiary/aromatic N) is 2. The highest BCUT2D eigenvalue weighted by Crippen LogP contribution is 2.20. The first-order chi connectivity index (χ1) is 8.56. The fourth-order valence-corrected chi connectivity index (χ4v) is 1.71. The Labute approximate surface area is 108 Å². The van der Waals surface area contributed by atoms with E-state index in [1.807, 2.05) is 6.07 Å². The van der Waals surface area contributed by atoms with E-state index in [1.165, 1.54) is 0 Å². The summed E-state index contributed by atoms with van der Waals surface area (Å²) in [4.78, 5) is 12.7. The van der Waals surface area contributed by atoms with Crippen LogP contribution >= 0.6 is 0 Å². The molecule has 0 bridgehead atoms. The number of hydrogen-bond acceptors (Lipinski definition) is 4. The maximum atomic E-state index is 10.8. The monoisotopic (exact) mass is 251 g/mol. The van der Waals surface area contributed by atoms with Crippen LogP contribution in [-0.4, -0.2) is 36.5 Å². The van der Waals surface area contributed by atoms with Gasteiger partial charge in [-0.2, -0.15) is 0 Å². The first kappa shape index (κ1) is 14.6. The molecule has 0 unspecified atom stereocenters. The first-order valence-electron chi connectivity index (χ1n) is 6.18. The average molecular weight is 251 g/mol. The molecule has 1 aromatic carbocycles. The molecular formula is C13H21N3O2. The van der Waals surface area contributed by atoms with Crippen LogP contribution in [0.25, 0.3) is 0 Å². The van der Waals surface area contributed by atoms with Gasteiger partial charge in [0.1, 0.15) is 0 Å². The minimum atomic E-state index is -0.330. The molecule has 5 heteroatoms. The van der Waals surface area contributed by atoms with Crippen molar-refractivity contribution in [3.8, 4) is 0 Å². The van der Waals surface area contributed by atoms with Crippen LogP contribution in [0.15, 0.2) is 18.2 Å². The van der Waals surface area contributed by atoms with Gasteiger partial charge in [-0.05, 0) is 26.1 Å². The van der Waals surface area contributed by atoms with Gasteiger partial charge in [-0.3, -0.25) is 10.1 Å². The highest BCUT2D eigenvalue weighted by molar-refractivity contribution is 5.44. The van der Waals surface area contributed by atoms with Crippen LogP contribution in [0.1, 0.15) is 18.1 Å². The molecule has 0 aliphatic rings. The van der Waals surface area contributed by atoms with Crippen molar-refractivity contribution in [2.45, 2.75) is 20.4 Å². The number of nitro benzene ring substituents is 1. The zero-order chi connectivity index (χ0) is 13.5. The van der Waals surface area contributed by atoms with Crippen LogP contribution in [-0.2, 0) is 6.54 Å². The van der Waals surface area contributed by atoms with Crippen molar-refractivity contribution in [2.75, 3.05) is 26.7 Å². The van der Waals surface area contributed by atoms with Gasteiger partial charge >= 0.3 is 0 Å². The third-order valence-corrected chi connectivity index (χ3v) is 3.14.